The molecular weight excluding hydrogens is 370 g/mol. The molecule has 0 bridgehead atoms. The third kappa shape index (κ3) is 7.88. The van der Waals surface area contributed by atoms with Crippen molar-refractivity contribution in [2.75, 3.05) is 18.5 Å². The van der Waals surface area contributed by atoms with E-state index in [0.717, 1.165) is 11.3 Å². The Morgan fingerprint density at radius 2 is 1.76 bits per heavy atom. The molecule has 0 saturated heterocycles. The molecule has 29 heavy (non-hydrogen) atoms. The summed E-state index contributed by atoms with van der Waals surface area (Å²) in [5.74, 6) is 0.767. The Balaban J connectivity index is 1.76. The van der Waals surface area contributed by atoms with Gasteiger partial charge in [-0.15, -0.1) is 0 Å². The molecule has 0 heterocycles. The summed E-state index contributed by atoms with van der Waals surface area (Å²) in [6.07, 6.45) is 3.22. The summed E-state index contributed by atoms with van der Waals surface area (Å²) in [4.78, 5) is 23.9. The first kappa shape index (κ1) is 21.7. The number of benzene rings is 2. The summed E-state index contributed by atoms with van der Waals surface area (Å²) in [5.41, 5.74) is 3.78. The molecule has 0 aliphatic heterocycles. The molecule has 7 heteroatoms. The van der Waals surface area contributed by atoms with Gasteiger partial charge >= 0.3 is 0 Å². The summed E-state index contributed by atoms with van der Waals surface area (Å²) >= 11 is 0. The van der Waals surface area contributed by atoms with Crippen molar-refractivity contribution in [1.29, 1.82) is 0 Å². The van der Waals surface area contributed by atoms with Gasteiger partial charge < -0.3 is 14.8 Å². The van der Waals surface area contributed by atoms with Gasteiger partial charge in [0, 0.05) is 24.1 Å². The van der Waals surface area contributed by atoms with Crippen molar-refractivity contribution in [2.24, 2.45) is 5.10 Å². The van der Waals surface area contributed by atoms with Gasteiger partial charge in [0.15, 0.2) is 0 Å². The highest BCUT2D eigenvalue weighted by Gasteiger charge is 2.07. The molecule has 2 aromatic rings. The Bertz CT molecular complexity index is 847. The highest BCUT2D eigenvalue weighted by atomic mass is 16.5. The summed E-state index contributed by atoms with van der Waals surface area (Å²) < 4.78 is 10.9. The largest absolute Gasteiger partial charge is 0.494 e. The number of hydrazone groups is 1. The Morgan fingerprint density at radius 3 is 2.48 bits per heavy atom. The van der Waals surface area contributed by atoms with Crippen molar-refractivity contribution >= 4 is 23.7 Å². The second-order valence-electron chi connectivity index (χ2n) is 5.94. The van der Waals surface area contributed by atoms with Crippen LogP contribution in [0.3, 0.4) is 0 Å². The highest BCUT2D eigenvalue weighted by Crippen LogP contribution is 2.16. The molecule has 0 saturated carbocycles. The molecule has 7 nitrogen and oxygen atoms in total. The van der Waals surface area contributed by atoms with Gasteiger partial charge in [0.05, 0.1) is 12.8 Å². The van der Waals surface area contributed by atoms with Crippen LogP contribution in [0, 0.1) is 0 Å². The molecule has 0 spiro atoms. The number of nitrogens with one attached hydrogen (secondary N) is 2. The van der Waals surface area contributed by atoms with E-state index in [1.54, 1.807) is 36.4 Å². The van der Waals surface area contributed by atoms with Gasteiger partial charge in [-0.05, 0) is 43.3 Å². The minimum atomic E-state index is -0.354. The average Bonchev–Trinajstić information content (AvgIpc) is 2.73. The number of carbonyl (C=O) groups is 2. The number of amides is 2. The van der Waals surface area contributed by atoms with Gasteiger partial charge in [-0.3, -0.25) is 9.59 Å². The number of anilines is 1. The summed E-state index contributed by atoms with van der Waals surface area (Å²) in [6, 6.07) is 14.4. The molecule has 2 amide bonds. The first-order chi connectivity index (χ1) is 14.1. The van der Waals surface area contributed by atoms with Gasteiger partial charge in [0.2, 0.25) is 11.8 Å². The van der Waals surface area contributed by atoms with Crippen LogP contribution in [-0.4, -0.2) is 31.2 Å². The lowest BCUT2D eigenvalue weighted by Gasteiger charge is -2.07. The Labute approximate surface area is 170 Å². The number of carbonyl (C=O) groups excluding carboxylic acids is 2. The second kappa shape index (κ2) is 12.0. The van der Waals surface area contributed by atoms with Gasteiger partial charge in [0.1, 0.15) is 18.1 Å². The maximum Gasteiger partial charge on any atom is 0.240 e. The fourth-order valence-corrected chi connectivity index (χ4v) is 2.35. The van der Waals surface area contributed by atoms with Crippen molar-refractivity contribution in [2.45, 2.75) is 19.8 Å². The molecule has 2 N–H and O–H groups in total. The van der Waals surface area contributed by atoms with E-state index in [0.29, 0.717) is 24.7 Å². The van der Waals surface area contributed by atoms with E-state index in [9.17, 15) is 9.59 Å². The van der Waals surface area contributed by atoms with Gasteiger partial charge in [-0.1, -0.05) is 24.8 Å². The monoisotopic (exact) mass is 395 g/mol. The van der Waals surface area contributed by atoms with Crippen molar-refractivity contribution in [3.8, 4) is 11.5 Å². The van der Waals surface area contributed by atoms with Crippen molar-refractivity contribution < 1.29 is 19.1 Å². The third-order valence-electron chi connectivity index (χ3n) is 3.70. The van der Waals surface area contributed by atoms with E-state index < -0.39 is 0 Å². The number of para-hydroxylation sites is 1. The zero-order chi connectivity index (χ0) is 20.9. The zero-order valence-electron chi connectivity index (χ0n) is 16.4. The number of hydrogen-bond donors (Lipinski definition) is 2. The summed E-state index contributed by atoms with van der Waals surface area (Å²) in [5, 5.41) is 6.66. The SMILES string of the molecule is C=CCOc1ccccc1C=NNC(=O)CCC(=O)Nc1ccc(OCC)cc1. The molecule has 0 radical (unpaired) electrons. The number of rotatable bonds is 11. The summed E-state index contributed by atoms with van der Waals surface area (Å²) in [7, 11) is 0. The smallest absolute Gasteiger partial charge is 0.240 e. The fourth-order valence-electron chi connectivity index (χ4n) is 2.35. The first-order valence-electron chi connectivity index (χ1n) is 9.29. The van der Waals surface area contributed by atoms with Crippen LogP contribution < -0.4 is 20.2 Å². The minimum Gasteiger partial charge on any atom is -0.494 e. The predicted molar refractivity (Wildman–Crippen MR) is 113 cm³/mol. The van der Waals surface area contributed by atoms with E-state index in [2.05, 4.69) is 22.4 Å². The number of hydrogen-bond acceptors (Lipinski definition) is 5. The van der Waals surface area contributed by atoms with E-state index in [4.69, 9.17) is 9.47 Å². The highest BCUT2D eigenvalue weighted by molar-refractivity contribution is 5.93. The van der Waals surface area contributed by atoms with Crippen LogP contribution >= 0.6 is 0 Å². The van der Waals surface area contributed by atoms with Gasteiger partial charge in [-0.25, -0.2) is 5.43 Å². The standard InChI is InChI=1S/C22H25N3O4/c1-3-15-29-20-8-6-5-7-17(20)16-23-25-22(27)14-13-21(26)24-18-9-11-19(12-10-18)28-4-2/h3,5-12,16H,1,4,13-15H2,2H3,(H,24,26)(H,25,27). The molecule has 152 valence electrons. The maximum atomic E-state index is 12.0. The minimum absolute atomic E-state index is 0.0226. The normalized spacial score (nSPS) is 10.4. The maximum absolute atomic E-state index is 12.0. The van der Waals surface area contributed by atoms with E-state index in [-0.39, 0.29) is 24.7 Å². The molecule has 0 aromatic heterocycles. The Hall–Kier alpha value is -3.61. The van der Waals surface area contributed by atoms with Crippen LogP contribution in [0.1, 0.15) is 25.3 Å². The lowest BCUT2D eigenvalue weighted by molar-refractivity contribution is -0.124. The quantitative estimate of drug-likeness (QED) is 0.346. The molecule has 0 aliphatic carbocycles. The van der Waals surface area contributed by atoms with Crippen LogP contribution in [0.4, 0.5) is 5.69 Å². The summed E-state index contributed by atoms with van der Waals surface area (Å²) in [6.45, 7) is 6.47. The van der Waals surface area contributed by atoms with Crippen molar-refractivity contribution in [3.05, 3.63) is 66.7 Å². The van der Waals surface area contributed by atoms with E-state index in [1.165, 1.54) is 6.21 Å². The zero-order valence-corrected chi connectivity index (χ0v) is 16.4. The number of ether oxygens (including phenoxy) is 2. The molecule has 0 atom stereocenters. The van der Waals surface area contributed by atoms with Crippen LogP contribution in [0.2, 0.25) is 0 Å². The first-order valence-corrected chi connectivity index (χ1v) is 9.29. The second-order valence-corrected chi connectivity index (χ2v) is 5.94. The van der Waals surface area contributed by atoms with Crippen molar-refractivity contribution in [3.63, 3.8) is 0 Å². The molecule has 2 rings (SSSR count). The average molecular weight is 395 g/mol. The topological polar surface area (TPSA) is 89.0 Å². The van der Waals surface area contributed by atoms with Gasteiger partial charge in [-0.2, -0.15) is 5.10 Å². The van der Waals surface area contributed by atoms with Crippen molar-refractivity contribution in [1.82, 2.24) is 5.43 Å². The molecule has 0 aliphatic rings. The van der Waals surface area contributed by atoms with E-state index in [1.807, 2.05) is 25.1 Å². The van der Waals surface area contributed by atoms with Crippen LogP contribution in [-0.2, 0) is 9.59 Å². The Morgan fingerprint density at radius 1 is 1.03 bits per heavy atom. The van der Waals surface area contributed by atoms with Crippen LogP contribution in [0.15, 0.2) is 66.3 Å². The molecular formula is C22H25N3O4. The number of nitrogens with zero attached hydrogens (tertiary/aromatic N) is 1. The predicted octanol–water partition coefficient (Wildman–Crippen LogP) is 3.52. The van der Waals surface area contributed by atoms with E-state index >= 15 is 0 Å². The molecule has 2 aromatic carbocycles. The lowest BCUT2D eigenvalue weighted by atomic mass is 10.2. The van der Waals surface area contributed by atoms with Crippen LogP contribution in [0.5, 0.6) is 11.5 Å². The lowest BCUT2D eigenvalue weighted by Crippen LogP contribution is -2.20. The Kier molecular flexibility index (Phi) is 8.95. The molecule has 0 fully saturated rings. The van der Waals surface area contributed by atoms with Gasteiger partial charge in [0.25, 0.3) is 0 Å². The third-order valence-corrected chi connectivity index (χ3v) is 3.70. The fraction of sp³-hybridized carbons (Fsp3) is 0.227. The molecule has 0 unspecified atom stereocenters. The van der Waals surface area contributed by atoms with Crippen LogP contribution in [0.25, 0.3) is 0 Å².